The summed E-state index contributed by atoms with van der Waals surface area (Å²) in [6.07, 6.45) is 7.02. The maximum Gasteiger partial charge on any atom is 0.317 e. The van der Waals surface area contributed by atoms with Crippen molar-refractivity contribution in [2.24, 2.45) is 5.92 Å². The highest BCUT2D eigenvalue weighted by molar-refractivity contribution is 5.75. The van der Waals surface area contributed by atoms with Crippen LogP contribution in [0.5, 0.6) is 0 Å². The molecule has 0 heterocycles. The van der Waals surface area contributed by atoms with Gasteiger partial charge in [0, 0.05) is 32.1 Å². The van der Waals surface area contributed by atoms with Crippen molar-refractivity contribution >= 4 is 11.9 Å². The van der Waals surface area contributed by atoms with Gasteiger partial charge in [-0.3, -0.25) is 4.79 Å². The number of hydrogen-bond donors (Lipinski definition) is 2. The molecule has 0 aromatic rings. The third-order valence-electron chi connectivity index (χ3n) is 4.33. The van der Waals surface area contributed by atoms with E-state index in [9.17, 15) is 9.59 Å². The predicted molar refractivity (Wildman–Crippen MR) is 78.4 cm³/mol. The molecular weight excluding hydrogens is 254 g/mol. The van der Waals surface area contributed by atoms with E-state index in [1.54, 1.807) is 0 Å². The van der Waals surface area contributed by atoms with E-state index in [0.29, 0.717) is 25.2 Å². The highest BCUT2D eigenvalue weighted by Crippen LogP contribution is 2.35. The van der Waals surface area contributed by atoms with E-state index < -0.39 is 0 Å². The Labute approximate surface area is 121 Å². The average Bonchev–Trinajstić information content (AvgIpc) is 3.22. The zero-order valence-corrected chi connectivity index (χ0v) is 12.7. The van der Waals surface area contributed by atoms with E-state index in [1.807, 2.05) is 0 Å². The molecule has 0 unspecified atom stereocenters. The molecule has 0 radical (unpaired) electrons. The summed E-state index contributed by atoms with van der Waals surface area (Å²) >= 11 is 0. The zero-order chi connectivity index (χ0) is 14.5. The SMILES string of the molecule is CC(=O)NCCNC(=O)N(C1CCC(C)CC1)C1CC1. The molecule has 2 aliphatic rings. The Morgan fingerprint density at radius 1 is 0.950 bits per heavy atom. The van der Waals surface area contributed by atoms with Gasteiger partial charge in [-0.25, -0.2) is 4.79 Å². The number of carbonyl (C=O) groups excluding carboxylic acids is 2. The molecular formula is C15H27N3O2. The molecule has 0 aromatic carbocycles. The first kappa shape index (κ1) is 15.1. The lowest BCUT2D eigenvalue weighted by Crippen LogP contribution is -2.49. The van der Waals surface area contributed by atoms with E-state index in [-0.39, 0.29) is 11.9 Å². The molecule has 0 aliphatic heterocycles. The molecule has 3 amide bonds. The minimum Gasteiger partial charge on any atom is -0.355 e. The Bertz CT molecular complexity index is 347. The van der Waals surface area contributed by atoms with Gasteiger partial charge in [0.25, 0.3) is 0 Å². The second kappa shape index (κ2) is 6.95. The van der Waals surface area contributed by atoms with Gasteiger partial charge in [-0.05, 0) is 44.4 Å². The molecule has 20 heavy (non-hydrogen) atoms. The van der Waals surface area contributed by atoms with Gasteiger partial charge in [0.2, 0.25) is 5.91 Å². The fourth-order valence-corrected chi connectivity index (χ4v) is 3.00. The van der Waals surface area contributed by atoms with Crippen molar-refractivity contribution in [1.82, 2.24) is 15.5 Å². The van der Waals surface area contributed by atoms with Gasteiger partial charge in [0.05, 0.1) is 0 Å². The second-order valence-corrected chi connectivity index (χ2v) is 6.27. The van der Waals surface area contributed by atoms with Crippen molar-refractivity contribution in [3.8, 4) is 0 Å². The minimum atomic E-state index is -0.0560. The van der Waals surface area contributed by atoms with Crippen LogP contribution in [0.1, 0.15) is 52.4 Å². The zero-order valence-electron chi connectivity index (χ0n) is 12.7. The van der Waals surface area contributed by atoms with Gasteiger partial charge in [0.1, 0.15) is 0 Å². The fraction of sp³-hybridized carbons (Fsp3) is 0.867. The Hall–Kier alpha value is -1.26. The van der Waals surface area contributed by atoms with Crippen LogP contribution in [0.3, 0.4) is 0 Å². The maximum absolute atomic E-state index is 12.4. The van der Waals surface area contributed by atoms with Crippen LogP contribution in [-0.4, -0.2) is 42.0 Å². The first-order valence-electron chi connectivity index (χ1n) is 7.88. The van der Waals surface area contributed by atoms with Crippen molar-refractivity contribution < 1.29 is 9.59 Å². The molecule has 0 atom stereocenters. The monoisotopic (exact) mass is 281 g/mol. The second-order valence-electron chi connectivity index (χ2n) is 6.27. The summed E-state index contributed by atoms with van der Waals surface area (Å²) in [6.45, 7) is 4.79. The lowest BCUT2D eigenvalue weighted by atomic mass is 9.86. The summed E-state index contributed by atoms with van der Waals surface area (Å²) in [5.41, 5.74) is 0. The van der Waals surface area contributed by atoms with Crippen LogP contribution >= 0.6 is 0 Å². The maximum atomic E-state index is 12.4. The number of rotatable bonds is 5. The number of carbonyl (C=O) groups is 2. The van der Waals surface area contributed by atoms with Gasteiger partial charge in [0.15, 0.2) is 0 Å². The van der Waals surface area contributed by atoms with Crippen LogP contribution < -0.4 is 10.6 Å². The fourth-order valence-electron chi connectivity index (χ4n) is 3.00. The molecule has 0 saturated heterocycles. The van der Waals surface area contributed by atoms with Crippen molar-refractivity contribution in [2.75, 3.05) is 13.1 Å². The topological polar surface area (TPSA) is 61.4 Å². The van der Waals surface area contributed by atoms with E-state index in [1.165, 1.54) is 19.8 Å². The lowest BCUT2D eigenvalue weighted by molar-refractivity contribution is -0.118. The summed E-state index contributed by atoms with van der Waals surface area (Å²) in [6, 6.07) is 0.922. The normalized spacial score (nSPS) is 25.9. The van der Waals surface area contributed by atoms with Crippen LogP contribution in [0, 0.1) is 5.92 Å². The summed E-state index contributed by atoms with van der Waals surface area (Å²) < 4.78 is 0. The lowest BCUT2D eigenvalue weighted by Gasteiger charge is -2.36. The number of amides is 3. The Balaban J connectivity index is 1.79. The summed E-state index contributed by atoms with van der Waals surface area (Å²) in [7, 11) is 0. The molecule has 2 rings (SSSR count). The van der Waals surface area contributed by atoms with Crippen molar-refractivity contribution in [1.29, 1.82) is 0 Å². The van der Waals surface area contributed by atoms with Gasteiger partial charge < -0.3 is 15.5 Å². The first-order valence-corrected chi connectivity index (χ1v) is 7.88. The highest BCUT2D eigenvalue weighted by atomic mass is 16.2. The van der Waals surface area contributed by atoms with E-state index in [0.717, 1.165) is 31.6 Å². The summed E-state index contributed by atoms with van der Waals surface area (Å²) in [4.78, 5) is 25.2. The van der Waals surface area contributed by atoms with Crippen LogP contribution in [0.25, 0.3) is 0 Å². The molecule has 0 aromatic heterocycles. The molecule has 2 saturated carbocycles. The van der Waals surface area contributed by atoms with Crippen molar-refractivity contribution in [3.05, 3.63) is 0 Å². The molecule has 0 bridgehead atoms. The Morgan fingerprint density at radius 2 is 1.45 bits per heavy atom. The largest absolute Gasteiger partial charge is 0.355 e. The van der Waals surface area contributed by atoms with E-state index in [2.05, 4.69) is 22.5 Å². The van der Waals surface area contributed by atoms with Crippen molar-refractivity contribution in [3.63, 3.8) is 0 Å². The molecule has 5 heteroatoms. The van der Waals surface area contributed by atoms with Gasteiger partial charge >= 0.3 is 6.03 Å². The van der Waals surface area contributed by atoms with E-state index >= 15 is 0 Å². The standard InChI is InChI=1S/C15H27N3O2/c1-11-3-5-13(6-4-11)18(14-7-8-14)15(20)17-10-9-16-12(2)19/h11,13-14H,3-10H2,1-2H3,(H,16,19)(H,17,20). The van der Waals surface area contributed by atoms with Crippen molar-refractivity contribution in [2.45, 2.75) is 64.5 Å². The molecule has 114 valence electrons. The number of urea groups is 1. The quantitative estimate of drug-likeness (QED) is 0.756. The van der Waals surface area contributed by atoms with Crippen LogP contribution in [-0.2, 0) is 4.79 Å². The molecule has 2 aliphatic carbocycles. The molecule has 2 N–H and O–H groups in total. The van der Waals surface area contributed by atoms with Gasteiger partial charge in [-0.2, -0.15) is 0 Å². The number of nitrogens with one attached hydrogen (secondary N) is 2. The first-order chi connectivity index (χ1) is 9.58. The Morgan fingerprint density at radius 3 is 1.95 bits per heavy atom. The summed E-state index contributed by atoms with van der Waals surface area (Å²) in [5.74, 6) is 0.745. The third-order valence-corrected chi connectivity index (χ3v) is 4.33. The van der Waals surface area contributed by atoms with E-state index in [4.69, 9.17) is 0 Å². The summed E-state index contributed by atoms with van der Waals surface area (Å²) in [5, 5.41) is 5.64. The number of nitrogens with zero attached hydrogens (tertiary/aromatic N) is 1. The molecule has 2 fully saturated rings. The van der Waals surface area contributed by atoms with Crippen LogP contribution in [0.2, 0.25) is 0 Å². The van der Waals surface area contributed by atoms with Crippen LogP contribution in [0.4, 0.5) is 4.79 Å². The smallest absolute Gasteiger partial charge is 0.317 e. The average molecular weight is 281 g/mol. The third kappa shape index (κ3) is 4.39. The van der Waals surface area contributed by atoms with Crippen LogP contribution in [0.15, 0.2) is 0 Å². The highest BCUT2D eigenvalue weighted by Gasteiger charge is 2.38. The molecule has 0 spiro atoms. The number of hydrogen-bond acceptors (Lipinski definition) is 2. The predicted octanol–water partition coefficient (Wildman–Crippen LogP) is 1.88. The molecule has 5 nitrogen and oxygen atoms in total. The Kier molecular flexibility index (Phi) is 5.26. The van der Waals surface area contributed by atoms with Gasteiger partial charge in [-0.15, -0.1) is 0 Å². The van der Waals surface area contributed by atoms with Gasteiger partial charge in [-0.1, -0.05) is 6.92 Å². The minimum absolute atomic E-state index is 0.0532.